The molecular weight excluding hydrogens is 265 g/mol. The first-order valence-electron chi connectivity index (χ1n) is 5.35. The summed E-state index contributed by atoms with van der Waals surface area (Å²) in [5, 5.41) is 10.6. The molecule has 0 unspecified atom stereocenters. The lowest BCUT2D eigenvalue weighted by Crippen LogP contribution is -2.48. The molecule has 1 aromatic heterocycles. The van der Waals surface area contributed by atoms with Crippen LogP contribution >= 0.6 is 0 Å². The lowest BCUT2D eigenvalue weighted by molar-refractivity contribution is -0.163. The van der Waals surface area contributed by atoms with E-state index >= 15 is 0 Å². The SMILES string of the molecule is O=C(O)c1cccc(C(=O)NC2(C(F)(F)F)CC2)n1. The van der Waals surface area contributed by atoms with Crippen LogP contribution in [-0.2, 0) is 0 Å². The van der Waals surface area contributed by atoms with Gasteiger partial charge in [-0.05, 0) is 25.0 Å². The Balaban J connectivity index is 2.17. The van der Waals surface area contributed by atoms with Gasteiger partial charge in [0.1, 0.15) is 16.9 Å². The van der Waals surface area contributed by atoms with Crippen molar-refractivity contribution in [1.29, 1.82) is 0 Å². The van der Waals surface area contributed by atoms with Gasteiger partial charge in [0, 0.05) is 0 Å². The third-order valence-electron chi connectivity index (χ3n) is 2.85. The second kappa shape index (κ2) is 4.22. The molecule has 0 saturated heterocycles. The van der Waals surface area contributed by atoms with Crippen LogP contribution in [0.25, 0.3) is 0 Å². The molecule has 2 N–H and O–H groups in total. The van der Waals surface area contributed by atoms with Crippen LogP contribution in [0, 0.1) is 0 Å². The first-order valence-corrected chi connectivity index (χ1v) is 5.35. The molecule has 1 amide bonds. The molecule has 0 radical (unpaired) electrons. The number of nitrogens with one attached hydrogen (secondary N) is 1. The van der Waals surface area contributed by atoms with Crippen LogP contribution < -0.4 is 5.32 Å². The molecule has 0 spiro atoms. The van der Waals surface area contributed by atoms with Gasteiger partial charge in [0.15, 0.2) is 0 Å². The lowest BCUT2D eigenvalue weighted by atomic mass is 10.2. The fraction of sp³-hybridized carbons (Fsp3) is 0.364. The Morgan fingerprint density at radius 3 is 2.32 bits per heavy atom. The van der Waals surface area contributed by atoms with Gasteiger partial charge in [-0.3, -0.25) is 4.79 Å². The van der Waals surface area contributed by atoms with Crippen molar-refractivity contribution >= 4 is 11.9 Å². The van der Waals surface area contributed by atoms with Crippen molar-refractivity contribution < 1.29 is 27.9 Å². The molecule has 2 rings (SSSR count). The number of aromatic carboxylic acids is 1. The number of carboxylic acid groups (broad SMARTS) is 1. The molecule has 0 bridgehead atoms. The molecule has 1 aliphatic carbocycles. The Bertz CT molecular complexity index is 538. The zero-order chi connectivity index (χ0) is 14.3. The molecule has 19 heavy (non-hydrogen) atoms. The van der Waals surface area contributed by atoms with E-state index in [1.54, 1.807) is 0 Å². The van der Waals surface area contributed by atoms with E-state index < -0.39 is 29.3 Å². The van der Waals surface area contributed by atoms with Gasteiger partial charge in [0.05, 0.1) is 0 Å². The Hall–Kier alpha value is -2.12. The number of pyridine rings is 1. The van der Waals surface area contributed by atoms with Gasteiger partial charge in [0.2, 0.25) is 0 Å². The predicted molar refractivity (Wildman–Crippen MR) is 56.7 cm³/mol. The number of halogens is 3. The standard InChI is InChI=1S/C11H9F3N2O3/c12-11(13,14)10(4-5-10)16-8(17)6-2-1-3-7(15-6)9(18)19/h1-3H,4-5H2,(H,16,17)(H,18,19). The summed E-state index contributed by atoms with van der Waals surface area (Å²) in [4.78, 5) is 25.8. The minimum Gasteiger partial charge on any atom is -0.477 e. The molecule has 1 saturated carbocycles. The molecule has 102 valence electrons. The van der Waals surface area contributed by atoms with E-state index in [1.807, 2.05) is 5.32 Å². The highest BCUT2D eigenvalue weighted by atomic mass is 19.4. The molecule has 8 heteroatoms. The van der Waals surface area contributed by atoms with E-state index in [2.05, 4.69) is 4.98 Å². The average molecular weight is 274 g/mol. The van der Waals surface area contributed by atoms with Crippen molar-refractivity contribution in [2.24, 2.45) is 0 Å². The summed E-state index contributed by atoms with van der Waals surface area (Å²) in [6.07, 6.45) is -4.88. The van der Waals surface area contributed by atoms with Gasteiger partial charge in [-0.1, -0.05) is 6.07 Å². The normalized spacial score (nSPS) is 16.8. The van der Waals surface area contributed by atoms with Crippen LogP contribution in [-0.4, -0.2) is 33.7 Å². The summed E-state index contributed by atoms with van der Waals surface area (Å²) in [6.45, 7) is 0. The van der Waals surface area contributed by atoms with Gasteiger partial charge in [0.25, 0.3) is 5.91 Å². The summed E-state index contributed by atoms with van der Waals surface area (Å²) >= 11 is 0. The fourth-order valence-electron chi connectivity index (χ4n) is 1.57. The maximum absolute atomic E-state index is 12.7. The molecule has 5 nitrogen and oxygen atoms in total. The van der Waals surface area contributed by atoms with E-state index in [0.29, 0.717) is 0 Å². The van der Waals surface area contributed by atoms with Gasteiger partial charge >= 0.3 is 12.1 Å². The zero-order valence-corrected chi connectivity index (χ0v) is 9.49. The Labute approximate surface area is 105 Å². The van der Waals surface area contributed by atoms with Crippen molar-refractivity contribution in [2.45, 2.75) is 24.6 Å². The van der Waals surface area contributed by atoms with E-state index in [-0.39, 0.29) is 18.5 Å². The Morgan fingerprint density at radius 2 is 1.84 bits per heavy atom. The number of alkyl halides is 3. The first-order chi connectivity index (χ1) is 8.75. The van der Waals surface area contributed by atoms with Gasteiger partial charge in [-0.15, -0.1) is 0 Å². The average Bonchev–Trinajstić information content (AvgIpc) is 3.09. The second-order valence-electron chi connectivity index (χ2n) is 4.25. The molecule has 1 aliphatic rings. The van der Waals surface area contributed by atoms with E-state index in [0.717, 1.165) is 12.1 Å². The molecule has 0 atom stereocenters. The number of carbonyl (C=O) groups is 2. The quantitative estimate of drug-likeness (QED) is 0.877. The minimum atomic E-state index is -4.52. The van der Waals surface area contributed by atoms with Crippen LogP contribution in [0.15, 0.2) is 18.2 Å². The molecule has 0 aliphatic heterocycles. The maximum Gasteiger partial charge on any atom is 0.411 e. The van der Waals surface area contributed by atoms with Gasteiger partial charge < -0.3 is 10.4 Å². The van der Waals surface area contributed by atoms with Crippen molar-refractivity contribution in [3.05, 3.63) is 29.6 Å². The number of hydrogen-bond donors (Lipinski definition) is 2. The second-order valence-corrected chi connectivity index (χ2v) is 4.25. The Morgan fingerprint density at radius 1 is 1.26 bits per heavy atom. The topological polar surface area (TPSA) is 79.3 Å². The van der Waals surface area contributed by atoms with Crippen LogP contribution in [0.3, 0.4) is 0 Å². The number of carbonyl (C=O) groups excluding carboxylic acids is 1. The van der Waals surface area contributed by atoms with Crippen molar-refractivity contribution in [3.63, 3.8) is 0 Å². The summed E-state index contributed by atoms with van der Waals surface area (Å²) < 4.78 is 38.0. The smallest absolute Gasteiger partial charge is 0.411 e. The van der Waals surface area contributed by atoms with Crippen molar-refractivity contribution in [2.75, 3.05) is 0 Å². The monoisotopic (exact) mass is 274 g/mol. The van der Waals surface area contributed by atoms with E-state index in [1.165, 1.54) is 6.07 Å². The molecule has 1 aromatic rings. The van der Waals surface area contributed by atoms with E-state index in [4.69, 9.17) is 5.11 Å². The summed E-state index contributed by atoms with van der Waals surface area (Å²) in [6, 6.07) is 3.56. The van der Waals surface area contributed by atoms with Gasteiger partial charge in [-0.2, -0.15) is 13.2 Å². The molecular formula is C11H9F3N2O3. The largest absolute Gasteiger partial charge is 0.477 e. The Kier molecular flexibility index (Phi) is 2.95. The molecule has 1 heterocycles. The van der Waals surface area contributed by atoms with Crippen LogP contribution in [0.2, 0.25) is 0 Å². The van der Waals surface area contributed by atoms with Crippen LogP contribution in [0.5, 0.6) is 0 Å². The highest BCUT2D eigenvalue weighted by molar-refractivity contribution is 5.94. The summed E-state index contributed by atoms with van der Waals surface area (Å²) in [5.74, 6) is -2.38. The number of amides is 1. The van der Waals surface area contributed by atoms with E-state index in [9.17, 15) is 22.8 Å². The van der Waals surface area contributed by atoms with Crippen LogP contribution in [0.4, 0.5) is 13.2 Å². The fourth-order valence-corrected chi connectivity index (χ4v) is 1.57. The third-order valence-corrected chi connectivity index (χ3v) is 2.85. The van der Waals surface area contributed by atoms with Crippen LogP contribution in [0.1, 0.15) is 33.8 Å². The highest BCUT2D eigenvalue weighted by Gasteiger charge is 2.64. The first kappa shape index (κ1) is 13.3. The van der Waals surface area contributed by atoms with Crippen molar-refractivity contribution in [3.8, 4) is 0 Å². The number of carboxylic acids is 1. The molecule has 0 aromatic carbocycles. The predicted octanol–water partition coefficient (Wildman–Crippen LogP) is 1.60. The number of rotatable bonds is 3. The highest BCUT2D eigenvalue weighted by Crippen LogP contribution is 2.48. The number of aromatic nitrogens is 1. The van der Waals surface area contributed by atoms with Gasteiger partial charge in [-0.25, -0.2) is 9.78 Å². The molecule has 1 fully saturated rings. The third kappa shape index (κ3) is 2.51. The number of nitrogens with zero attached hydrogens (tertiary/aromatic N) is 1. The van der Waals surface area contributed by atoms with Crippen molar-refractivity contribution in [1.82, 2.24) is 10.3 Å². The minimum absolute atomic E-state index is 0.180. The maximum atomic E-state index is 12.7. The zero-order valence-electron chi connectivity index (χ0n) is 9.49. The summed E-state index contributed by atoms with van der Waals surface area (Å²) in [7, 11) is 0. The lowest BCUT2D eigenvalue weighted by Gasteiger charge is -2.20. The number of hydrogen-bond acceptors (Lipinski definition) is 3. The summed E-state index contributed by atoms with van der Waals surface area (Å²) in [5.41, 5.74) is -2.94.